The lowest BCUT2D eigenvalue weighted by Crippen LogP contribution is -2.48. The molecule has 2 atom stereocenters. The fourth-order valence-electron chi connectivity index (χ4n) is 1.75. The molecule has 0 amide bonds. The first-order valence-electron chi connectivity index (χ1n) is 5.71. The van der Waals surface area contributed by atoms with Gasteiger partial charge in [0.2, 0.25) is 0 Å². The van der Waals surface area contributed by atoms with Crippen LogP contribution in [0.3, 0.4) is 0 Å². The van der Waals surface area contributed by atoms with E-state index in [1.54, 1.807) is 14.2 Å². The minimum Gasteiger partial charge on any atom is -0.382 e. The molecule has 1 aliphatic rings. The second-order valence-electron chi connectivity index (χ2n) is 4.37. The number of hydrogen-bond acceptors (Lipinski definition) is 4. The lowest BCUT2D eigenvalue weighted by molar-refractivity contribution is 0.0280. The van der Waals surface area contributed by atoms with E-state index in [1.807, 2.05) is 0 Å². The zero-order valence-electron chi connectivity index (χ0n) is 10.1. The van der Waals surface area contributed by atoms with Gasteiger partial charge in [0, 0.05) is 20.8 Å². The van der Waals surface area contributed by atoms with Crippen molar-refractivity contribution in [2.75, 3.05) is 47.0 Å². The number of ether oxygens (including phenoxy) is 2. The average Bonchev–Trinajstić information content (AvgIpc) is 2.13. The highest BCUT2D eigenvalue weighted by Crippen LogP contribution is 2.14. The highest BCUT2D eigenvalue weighted by molar-refractivity contribution is 4.80. The van der Waals surface area contributed by atoms with Crippen LogP contribution in [-0.2, 0) is 9.47 Å². The molecule has 0 bridgehead atoms. The van der Waals surface area contributed by atoms with Crippen molar-refractivity contribution in [3.8, 4) is 0 Å². The Hall–Kier alpha value is -0.160. The van der Waals surface area contributed by atoms with Crippen molar-refractivity contribution in [3.63, 3.8) is 0 Å². The Balaban J connectivity index is 2.02. The summed E-state index contributed by atoms with van der Waals surface area (Å²) in [7, 11) is 3.43. The Morgan fingerprint density at radius 2 is 2.07 bits per heavy atom. The van der Waals surface area contributed by atoms with Crippen LogP contribution in [0.4, 0.5) is 0 Å². The molecule has 1 saturated heterocycles. The van der Waals surface area contributed by atoms with E-state index in [4.69, 9.17) is 9.47 Å². The van der Waals surface area contributed by atoms with Crippen molar-refractivity contribution in [1.82, 2.24) is 10.6 Å². The largest absolute Gasteiger partial charge is 0.382 e. The first-order chi connectivity index (χ1) is 7.27. The number of hydrogen-bond donors (Lipinski definition) is 2. The van der Waals surface area contributed by atoms with Crippen LogP contribution in [-0.4, -0.2) is 53.1 Å². The molecule has 1 rings (SSSR count). The van der Waals surface area contributed by atoms with Gasteiger partial charge in [0.25, 0.3) is 0 Å². The van der Waals surface area contributed by atoms with Crippen molar-refractivity contribution < 1.29 is 9.47 Å². The third-order valence-corrected chi connectivity index (χ3v) is 3.14. The highest BCUT2D eigenvalue weighted by Gasteiger charge is 2.23. The molecular weight excluding hydrogens is 192 g/mol. The quantitative estimate of drug-likeness (QED) is 0.603. The first kappa shape index (κ1) is 12.9. The molecule has 0 radical (unpaired) electrons. The Kier molecular flexibility index (Phi) is 6.17. The van der Waals surface area contributed by atoms with E-state index in [1.165, 1.54) is 13.1 Å². The molecule has 2 N–H and O–H groups in total. The molecule has 4 nitrogen and oxygen atoms in total. The van der Waals surface area contributed by atoms with Crippen LogP contribution >= 0.6 is 0 Å². The van der Waals surface area contributed by atoms with Crippen molar-refractivity contribution in [1.29, 1.82) is 0 Å². The van der Waals surface area contributed by atoms with Gasteiger partial charge in [0.05, 0.1) is 12.7 Å². The van der Waals surface area contributed by atoms with Crippen LogP contribution < -0.4 is 10.6 Å². The van der Waals surface area contributed by atoms with Gasteiger partial charge in [-0.1, -0.05) is 6.92 Å². The van der Waals surface area contributed by atoms with E-state index >= 15 is 0 Å². The molecule has 1 aliphatic heterocycles. The smallest absolute Gasteiger partial charge is 0.0928 e. The van der Waals surface area contributed by atoms with Crippen molar-refractivity contribution in [2.45, 2.75) is 13.0 Å². The maximum absolute atomic E-state index is 5.27. The molecule has 0 aromatic heterocycles. The van der Waals surface area contributed by atoms with Gasteiger partial charge < -0.3 is 20.1 Å². The van der Waals surface area contributed by atoms with E-state index in [-0.39, 0.29) is 6.10 Å². The fraction of sp³-hybridized carbons (Fsp3) is 1.00. The molecule has 4 heteroatoms. The van der Waals surface area contributed by atoms with Crippen molar-refractivity contribution >= 4 is 0 Å². The van der Waals surface area contributed by atoms with E-state index in [9.17, 15) is 0 Å². The van der Waals surface area contributed by atoms with E-state index < -0.39 is 0 Å². The molecule has 0 aliphatic carbocycles. The fourth-order valence-corrected chi connectivity index (χ4v) is 1.75. The van der Waals surface area contributed by atoms with E-state index in [2.05, 4.69) is 17.6 Å². The monoisotopic (exact) mass is 216 g/mol. The summed E-state index contributed by atoms with van der Waals surface area (Å²) < 4.78 is 10.3. The Labute approximate surface area is 92.7 Å². The van der Waals surface area contributed by atoms with Gasteiger partial charge in [-0.3, -0.25) is 0 Å². The van der Waals surface area contributed by atoms with E-state index in [0.29, 0.717) is 6.61 Å². The molecule has 15 heavy (non-hydrogen) atoms. The second-order valence-corrected chi connectivity index (χ2v) is 4.37. The first-order valence-corrected chi connectivity index (χ1v) is 5.71. The SMILES string of the molecule is COCC(CNCC(C)C1CNC1)OC. The summed E-state index contributed by atoms with van der Waals surface area (Å²) in [6.07, 6.45) is 0.168. The van der Waals surface area contributed by atoms with Gasteiger partial charge in [-0.2, -0.15) is 0 Å². The Morgan fingerprint density at radius 1 is 1.33 bits per heavy atom. The normalized spacial score (nSPS) is 21.0. The summed E-state index contributed by atoms with van der Waals surface area (Å²) in [6, 6.07) is 0. The zero-order chi connectivity index (χ0) is 11.1. The summed E-state index contributed by atoms with van der Waals surface area (Å²) in [5, 5.41) is 6.74. The lowest BCUT2D eigenvalue weighted by atomic mass is 9.89. The molecule has 0 aromatic carbocycles. The van der Waals surface area contributed by atoms with Gasteiger partial charge in [0.15, 0.2) is 0 Å². The average molecular weight is 216 g/mol. The van der Waals surface area contributed by atoms with Crippen LogP contribution in [0.15, 0.2) is 0 Å². The van der Waals surface area contributed by atoms with Gasteiger partial charge in [-0.05, 0) is 31.5 Å². The molecular formula is C11H24N2O2. The van der Waals surface area contributed by atoms with Gasteiger partial charge >= 0.3 is 0 Å². The number of rotatable bonds is 8. The minimum atomic E-state index is 0.168. The number of nitrogens with one attached hydrogen (secondary N) is 2. The molecule has 1 fully saturated rings. The molecule has 0 spiro atoms. The minimum absolute atomic E-state index is 0.168. The third-order valence-electron chi connectivity index (χ3n) is 3.14. The standard InChI is InChI=1S/C11H24N2O2/c1-9(10-5-13-6-10)4-12-7-11(15-3)8-14-2/h9-13H,4-8H2,1-3H3. The highest BCUT2D eigenvalue weighted by atomic mass is 16.5. The maximum Gasteiger partial charge on any atom is 0.0928 e. The molecule has 0 aromatic rings. The van der Waals surface area contributed by atoms with Gasteiger partial charge in [-0.15, -0.1) is 0 Å². The predicted molar refractivity (Wildman–Crippen MR) is 61.1 cm³/mol. The maximum atomic E-state index is 5.27. The van der Waals surface area contributed by atoms with E-state index in [0.717, 1.165) is 24.9 Å². The van der Waals surface area contributed by atoms with Crippen LogP contribution in [0, 0.1) is 11.8 Å². The Bertz CT molecular complexity index is 161. The molecule has 90 valence electrons. The third kappa shape index (κ3) is 4.47. The Morgan fingerprint density at radius 3 is 2.53 bits per heavy atom. The van der Waals surface area contributed by atoms with Crippen molar-refractivity contribution in [3.05, 3.63) is 0 Å². The molecule has 0 saturated carbocycles. The van der Waals surface area contributed by atoms with Crippen LogP contribution in [0.2, 0.25) is 0 Å². The molecule has 1 heterocycles. The lowest BCUT2D eigenvalue weighted by Gasteiger charge is -2.33. The topological polar surface area (TPSA) is 42.5 Å². The summed E-state index contributed by atoms with van der Waals surface area (Å²) in [6.45, 7) is 7.24. The van der Waals surface area contributed by atoms with Crippen LogP contribution in [0.1, 0.15) is 6.92 Å². The van der Waals surface area contributed by atoms with Crippen LogP contribution in [0.5, 0.6) is 0 Å². The molecule has 2 unspecified atom stereocenters. The second kappa shape index (κ2) is 7.17. The van der Waals surface area contributed by atoms with Crippen LogP contribution in [0.25, 0.3) is 0 Å². The zero-order valence-corrected chi connectivity index (χ0v) is 10.1. The summed E-state index contributed by atoms with van der Waals surface area (Å²) >= 11 is 0. The summed E-state index contributed by atoms with van der Waals surface area (Å²) in [5.41, 5.74) is 0. The van der Waals surface area contributed by atoms with Gasteiger partial charge in [0.1, 0.15) is 0 Å². The van der Waals surface area contributed by atoms with Crippen molar-refractivity contribution in [2.24, 2.45) is 11.8 Å². The summed E-state index contributed by atoms with van der Waals surface area (Å²) in [5.74, 6) is 1.59. The predicted octanol–water partition coefficient (Wildman–Crippen LogP) is 0.0929. The van der Waals surface area contributed by atoms with Gasteiger partial charge in [-0.25, -0.2) is 0 Å². The summed E-state index contributed by atoms with van der Waals surface area (Å²) in [4.78, 5) is 0. The number of methoxy groups -OCH3 is 2.